The van der Waals surface area contributed by atoms with Gasteiger partial charge in [-0.1, -0.05) is 20.8 Å². The van der Waals surface area contributed by atoms with E-state index in [1.54, 1.807) is 0 Å². The Kier molecular flexibility index (Phi) is 4.85. The molecule has 1 saturated heterocycles. The lowest BCUT2D eigenvalue weighted by Gasteiger charge is -2.47. The topological polar surface area (TPSA) is 52.6 Å². The van der Waals surface area contributed by atoms with Gasteiger partial charge in [0, 0.05) is 25.2 Å². The summed E-state index contributed by atoms with van der Waals surface area (Å²) in [5, 5.41) is 12.9. The highest BCUT2D eigenvalue weighted by Gasteiger charge is 2.38. The zero-order valence-corrected chi connectivity index (χ0v) is 12.4. The molecule has 2 fully saturated rings. The van der Waals surface area contributed by atoms with E-state index < -0.39 is 5.97 Å². The van der Waals surface area contributed by atoms with Crippen LogP contribution in [-0.4, -0.2) is 47.7 Å². The van der Waals surface area contributed by atoms with Gasteiger partial charge in [0.25, 0.3) is 0 Å². The van der Waals surface area contributed by atoms with Gasteiger partial charge in [-0.25, -0.2) is 0 Å². The van der Waals surface area contributed by atoms with Gasteiger partial charge in [0.15, 0.2) is 0 Å². The van der Waals surface area contributed by atoms with Gasteiger partial charge in [-0.3, -0.25) is 9.69 Å². The quantitative estimate of drug-likeness (QED) is 0.798. The molecule has 0 bridgehead atoms. The normalized spacial score (nSPS) is 36.2. The number of hydrogen-bond acceptors (Lipinski definition) is 3. The highest BCUT2D eigenvalue weighted by Crippen LogP contribution is 2.33. The summed E-state index contributed by atoms with van der Waals surface area (Å²) in [6, 6.07) is 0.966. The fourth-order valence-corrected chi connectivity index (χ4v) is 3.32. The molecule has 2 unspecified atom stereocenters. The predicted molar refractivity (Wildman–Crippen MR) is 76.1 cm³/mol. The Bertz CT molecular complexity index is 313. The van der Waals surface area contributed by atoms with E-state index in [2.05, 4.69) is 31.0 Å². The van der Waals surface area contributed by atoms with Crippen molar-refractivity contribution in [2.24, 2.45) is 17.8 Å². The average Bonchev–Trinajstić information content (AvgIpc) is 2.32. The number of aliphatic carboxylic acids is 1. The Balaban J connectivity index is 1.90. The van der Waals surface area contributed by atoms with Crippen LogP contribution in [0.3, 0.4) is 0 Å². The summed E-state index contributed by atoms with van der Waals surface area (Å²) in [6.45, 7) is 9.40. The second-order valence-electron chi connectivity index (χ2n) is 6.95. The van der Waals surface area contributed by atoms with Crippen LogP contribution in [0.2, 0.25) is 0 Å². The summed E-state index contributed by atoms with van der Waals surface area (Å²) in [7, 11) is 0. The van der Waals surface area contributed by atoms with Crippen LogP contribution < -0.4 is 5.32 Å². The first-order valence-electron chi connectivity index (χ1n) is 7.66. The lowest BCUT2D eigenvalue weighted by Crippen LogP contribution is -2.57. The molecule has 0 aromatic rings. The Morgan fingerprint density at radius 2 is 2.00 bits per heavy atom. The maximum atomic E-state index is 11.3. The van der Waals surface area contributed by atoms with E-state index in [1.807, 2.05) is 0 Å². The molecule has 0 aromatic carbocycles. The number of hydrogen-bond donors (Lipinski definition) is 2. The summed E-state index contributed by atoms with van der Waals surface area (Å²) in [6.07, 6.45) is 3.26. The fourth-order valence-electron chi connectivity index (χ4n) is 3.32. The summed E-state index contributed by atoms with van der Waals surface area (Å²) >= 11 is 0. The molecule has 1 aliphatic carbocycles. The zero-order valence-electron chi connectivity index (χ0n) is 12.4. The Morgan fingerprint density at radius 1 is 1.32 bits per heavy atom. The molecule has 0 amide bonds. The van der Waals surface area contributed by atoms with Gasteiger partial charge in [0.1, 0.15) is 0 Å². The zero-order chi connectivity index (χ0) is 14.0. The maximum absolute atomic E-state index is 11.3. The number of nitrogens with one attached hydrogen (secondary N) is 1. The first-order chi connectivity index (χ1) is 8.95. The minimum atomic E-state index is -0.631. The number of nitrogens with zero attached hydrogens (tertiary/aromatic N) is 1. The molecule has 1 heterocycles. The van der Waals surface area contributed by atoms with E-state index in [-0.39, 0.29) is 5.92 Å². The van der Waals surface area contributed by atoms with Crippen molar-refractivity contribution in [3.8, 4) is 0 Å². The van der Waals surface area contributed by atoms with Crippen molar-refractivity contribution < 1.29 is 9.90 Å². The third-order valence-corrected chi connectivity index (χ3v) is 4.51. The average molecular weight is 268 g/mol. The summed E-state index contributed by atoms with van der Waals surface area (Å²) < 4.78 is 0. The van der Waals surface area contributed by atoms with Crippen molar-refractivity contribution in [1.29, 1.82) is 0 Å². The van der Waals surface area contributed by atoms with Crippen LogP contribution in [0.1, 0.15) is 40.0 Å². The number of rotatable bonds is 5. The van der Waals surface area contributed by atoms with Crippen LogP contribution in [0.5, 0.6) is 0 Å². The molecule has 1 aliphatic heterocycles. The lowest BCUT2D eigenvalue weighted by molar-refractivity contribution is -0.145. The molecule has 19 heavy (non-hydrogen) atoms. The smallest absolute Gasteiger partial charge is 0.307 e. The first kappa shape index (κ1) is 14.8. The predicted octanol–water partition coefficient (Wildman–Crippen LogP) is 1.81. The summed E-state index contributed by atoms with van der Waals surface area (Å²) in [5.41, 5.74) is 0. The number of carboxylic acid groups (broad SMARTS) is 1. The van der Waals surface area contributed by atoms with Crippen molar-refractivity contribution in [3.63, 3.8) is 0 Å². The monoisotopic (exact) mass is 268 g/mol. The Hall–Kier alpha value is -0.610. The van der Waals surface area contributed by atoms with Gasteiger partial charge in [0.2, 0.25) is 0 Å². The molecule has 110 valence electrons. The van der Waals surface area contributed by atoms with Crippen LogP contribution in [0, 0.1) is 17.8 Å². The second-order valence-corrected chi connectivity index (χ2v) is 6.95. The van der Waals surface area contributed by atoms with Crippen LogP contribution >= 0.6 is 0 Å². The van der Waals surface area contributed by atoms with Crippen molar-refractivity contribution >= 4 is 5.97 Å². The second kappa shape index (κ2) is 6.23. The molecule has 4 heteroatoms. The summed E-state index contributed by atoms with van der Waals surface area (Å²) in [4.78, 5) is 13.7. The van der Waals surface area contributed by atoms with E-state index in [1.165, 1.54) is 12.8 Å². The molecule has 0 aromatic heterocycles. The number of carboxylic acids is 1. The minimum Gasteiger partial charge on any atom is -0.481 e. The molecule has 0 spiro atoms. The van der Waals surface area contributed by atoms with Gasteiger partial charge in [-0.2, -0.15) is 0 Å². The third kappa shape index (κ3) is 3.93. The van der Waals surface area contributed by atoms with Crippen LogP contribution in [0.25, 0.3) is 0 Å². The van der Waals surface area contributed by atoms with Crippen LogP contribution in [-0.2, 0) is 4.79 Å². The van der Waals surface area contributed by atoms with Gasteiger partial charge in [-0.05, 0) is 37.6 Å². The van der Waals surface area contributed by atoms with Gasteiger partial charge in [-0.15, -0.1) is 0 Å². The van der Waals surface area contributed by atoms with Gasteiger partial charge < -0.3 is 10.4 Å². The van der Waals surface area contributed by atoms with Crippen molar-refractivity contribution in [2.45, 2.75) is 52.1 Å². The standard InChI is InChI=1S/C15H28N2O2/c1-10(2)7-16-13-6-12(15(18)19)8-17(9-13)14-4-11(3)5-14/h10-14,16H,4-9H2,1-3H3,(H,18,19). The highest BCUT2D eigenvalue weighted by atomic mass is 16.4. The highest BCUT2D eigenvalue weighted by molar-refractivity contribution is 5.70. The number of carbonyl (C=O) groups is 1. The lowest BCUT2D eigenvalue weighted by atomic mass is 9.79. The van der Waals surface area contributed by atoms with Crippen molar-refractivity contribution in [2.75, 3.05) is 19.6 Å². The molecule has 2 N–H and O–H groups in total. The van der Waals surface area contributed by atoms with Crippen molar-refractivity contribution in [3.05, 3.63) is 0 Å². The molecule has 2 aliphatic rings. The van der Waals surface area contributed by atoms with E-state index in [0.29, 0.717) is 18.0 Å². The molecule has 2 atom stereocenters. The van der Waals surface area contributed by atoms with Crippen molar-refractivity contribution in [1.82, 2.24) is 10.2 Å². The van der Waals surface area contributed by atoms with Crippen LogP contribution in [0.15, 0.2) is 0 Å². The number of likely N-dealkylation sites (tertiary alicyclic amines) is 1. The third-order valence-electron chi connectivity index (χ3n) is 4.51. The minimum absolute atomic E-state index is 0.200. The largest absolute Gasteiger partial charge is 0.481 e. The maximum Gasteiger partial charge on any atom is 0.307 e. The molecule has 0 radical (unpaired) electrons. The van der Waals surface area contributed by atoms with Crippen LogP contribution in [0.4, 0.5) is 0 Å². The van der Waals surface area contributed by atoms with Gasteiger partial charge in [0.05, 0.1) is 5.92 Å². The molecule has 1 saturated carbocycles. The molecule has 2 rings (SSSR count). The Labute approximate surface area is 116 Å². The van der Waals surface area contributed by atoms with E-state index >= 15 is 0 Å². The molecule has 4 nitrogen and oxygen atoms in total. The molecular formula is C15H28N2O2. The summed E-state index contributed by atoms with van der Waals surface area (Å²) in [5.74, 6) is 0.599. The van der Waals surface area contributed by atoms with E-state index in [9.17, 15) is 9.90 Å². The Morgan fingerprint density at radius 3 is 2.53 bits per heavy atom. The molecular weight excluding hydrogens is 240 g/mol. The van der Waals surface area contributed by atoms with E-state index in [0.717, 1.165) is 32.0 Å². The SMILES string of the molecule is CC(C)CNC1CC(C(=O)O)CN(C2CC(C)C2)C1. The van der Waals surface area contributed by atoms with E-state index in [4.69, 9.17) is 0 Å². The first-order valence-corrected chi connectivity index (χ1v) is 7.66. The fraction of sp³-hybridized carbons (Fsp3) is 0.933. The number of piperidine rings is 1. The van der Waals surface area contributed by atoms with Gasteiger partial charge >= 0.3 is 5.97 Å².